The van der Waals surface area contributed by atoms with Crippen molar-refractivity contribution in [1.29, 1.82) is 5.26 Å². The summed E-state index contributed by atoms with van der Waals surface area (Å²) in [6, 6.07) is 4.21. The molecule has 1 aliphatic heterocycles. The summed E-state index contributed by atoms with van der Waals surface area (Å²) in [7, 11) is 2.07. The quantitative estimate of drug-likeness (QED) is 0.610. The normalized spacial score (nSPS) is 15.1. The number of hydrogen-bond acceptors (Lipinski definition) is 7. The lowest BCUT2D eigenvalue weighted by Gasteiger charge is -2.21. The van der Waals surface area contributed by atoms with Crippen LogP contribution in [0.2, 0.25) is 0 Å². The van der Waals surface area contributed by atoms with Crippen LogP contribution in [0.25, 0.3) is 0 Å². The lowest BCUT2D eigenvalue weighted by atomic mass is 10.0. The minimum atomic E-state index is -0.306. The van der Waals surface area contributed by atoms with Crippen LogP contribution < -0.4 is 5.32 Å². The molecular formula is C19H23N5OS2. The number of fused-ring (bicyclic) bond motifs is 1. The van der Waals surface area contributed by atoms with E-state index in [2.05, 4.69) is 33.3 Å². The summed E-state index contributed by atoms with van der Waals surface area (Å²) in [6.45, 7) is 7.58. The minimum absolute atomic E-state index is 0.103. The number of hydrogen-bond donors (Lipinski definition) is 1. The second-order valence-electron chi connectivity index (χ2n) is 6.74. The van der Waals surface area contributed by atoms with Gasteiger partial charge in [-0.15, -0.1) is 11.3 Å². The van der Waals surface area contributed by atoms with Crippen LogP contribution in [-0.4, -0.2) is 39.6 Å². The van der Waals surface area contributed by atoms with E-state index in [0.29, 0.717) is 22.1 Å². The van der Waals surface area contributed by atoms with Crippen molar-refractivity contribution in [3.63, 3.8) is 0 Å². The molecular weight excluding hydrogens is 378 g/mol. The average Bonchev–Trinajstić information content (AvgIpc) is 2.94. The zero-order valence-electron chi connectivity index (χ0n) is 16.0. The first-order valence-electron chi connectivity index (χ1n) is 8.94. The van der Waals surface area contributed by atoms with Crippen molar-refractivity contribution in [2.24, 2.45) is 0 Å². The third-order valence-corrected chi connectivity index (χ3v) is 6.83. The third kappa shape index (κ3) is 4.49. The van der Waals surface area contributed by atoms with Crippen molar-refractivity contribution in [2.75, 3.05) is 18.9 Å². The summed E-state index contributed by atoms with van der Waals surface area (Å²) in [6.07, 6.45) is 1.51. The number of likely N-dealkylation sites (N-methyl/N-ethyl adjacent to an activating group) is 1. The molecule has 2 aromatic rings. The summed E-state index contributed by atoms with van der Waals surface area (Å²) in [5, 5.41) is 13.6. The molecule has 0 aliphatic carbocycles. The molecule has 1 N–H and O–H groups in total. The maximum absolute atomic E-state index is 12.9. The summed E-state index contributed by atoms with van der Waals surface area (Å²) >= 11 is 2.89. The fourth-order valence-electron chi connectivity index (χ4n) is 3.13. The van der Waals surface area contributed by atoms with Crippen LogP contribution in [-0.2, 0) is 17.8 Å². The monoisotopic (exact) mass is 401 g/mol. The highest BCUT2D eigenvalue weighted by Gasteiger charge is 2.26. The predicted octanol–water partition coefficient (Wildman–Crippen LogP) is 3.52. The van der Waals surface area contributed by atoms with Gasteiger partial charge in [0.15, 0.2) is 5.16 Å². The highest BCUT2D eigenvalue weighted by Crippen LogP contribution is 2.37. The number of nitrogens with zero attached hydrogens (tertiary/aromatic N) is 4. The Morgan fingerprint density at radius 2 is 2.15 bits per heavy atom. The summed E-state index contributed by atoms with van der Waals surface area (Å²) in [4.78, 5) is 25.1. The number of rotatable bonds is 5. The van der Waals surface area contributed by atoms with Crippen LogP contribution in [0.15, 0.2) is 11.2 Å². The Morgan fingerprint density at radius 3 is 2.78 bits per heavy atom. The Balaban J connectivity index is 1.78. The number of thiophene rings is 1. The fraction of sp³-hybridized carbons (Fsp3) is 0.474. The Bertz CT molecular complexity index is 882. The Kier molecular flexibility index (Phi) is 6.15. The molecule has 142 valence electrons. The molecule has 1 unspecified atom stereocenters. The van der Waals surface area contributed by atoms with Crippen LogP contribution >= 0.6 is 23.1 Å². The van der Waals surface area contributed by atoms with E-state index in [1.807, 2.05) is 26.8 Å². The molecule has 3 rings (SSSR count). The predicted molar refractivity (Wildman–Crippen MR) is 109 cm³/mol. The van der Waals surface area contributed by atoms with Crippen molar-refractivity contribution in [3.8, 4) is 6.07 Å². The van der Waals surface area contributed by atoms with Crippen molar-refractivity contribution >= 4 is 34.0 Å². The van der Waals surface area contributed by atoms with Crippen LogP contribution in [0.4, 0.5) is 5.00 Å². The second kappa shape index (κ2) is 8.38. The van der Waals surface area contributed by atoms with E-state index in [-0.39, 0.29) is 11.2 Å². The molecule has 27 heavy (non-hydrogen) atoms. The maximum Gasteiger partial charge on any atom is 0.238 e. The molecule has 3 heterocycles. The number of aromatic nitrogens is 2. The number of carbonyl (C=O) groups is 1. The van der Waals surface area contributed by atoms with Crippen molar-refractivity contribution in [2.45, 2.75) is 50.6 Å². The summed E-state index contributed by atoms with van der Waals surface area (Å²) in [5.41, 5.74) is 3.50. The Labute approximate surface area is 168 Å². The lowest BCUT2D eigenvalue weighted by Crippen LogP contribution is -2.25. The number of amides is 1. The number of nitrogens with one attached hydrogen (secondary N) is 1. The van der Waals surface area contributed by atoms with Crippen molar-refractivity contribution in [3.05, 3.63) is 33.5 Å². The van der Waals surface area contributed by atoms with E-state index in [1.165, 1.54) is 28.0 Å². The van der Waals surface area contributed by atoms with Gasteiger partial charge < -0.3 is 10.2 Å². The molecule has 1 aliphatic rings. The highest BCUT2D eigenvalue weighted by atomic mass is 32.2. The van der Waals surface area contributed by atoms with Crippen LogP contribution in [0, 0.1) is 25.2 Å². The zero-order chi connectivity index (χ0) is 19.6. The van der Waals surface area contributed by atoms with Gasteiger partial charge in [0, 0.05) is 29.4 Å². The maximum atomic E-state index is 12.9. The van der Waals surface area contributed by atoms with Gasteiger partial charge in [-0.05, 0) is 45.4 Å². The van der Waals surface area contributed by atoms with Gasteiger partial charge >= 0.3 is 0 Å². The van der Waals surface area contributed by atoms with Gasteiger partial charge in [0.25, 0.3) is 0 Å². The van der Waals surface area contributed by atoms with E-state index in [0.717, 1.165) is 36.5 Å². The molecule has 0 fully saturated rings. The van der Waals surface area contributed by atoms with Crippen LogP contribution in [0.3, 0.4) is 0 Å². The molecule has 0 spiro atoms. The van der Waals surface area contributed by atoms with E-state index >= 15 is 0 Å². The molecule has 0 bridgehead atoms. The first kappa shape index (κ1) is 19.8. The van der Waals surface area contributed by atoms with Gasteiger partial charge in [0.1, 0.15) is 11.1 Å². The largest absolute Gasteiger partial charge is 0.316 e. The van der Waals surface area contributed by atoms with Gasteiger partial charge in [0.05, 0.1) is 10.8 Å². The molecule has 0 saturated carbocycles. The van der Waals surface area contributed by atoms with Crippen molar-refractivity contribution < 1.29 is 4.79 Å². The molecule has 8 heteroatoms. The van der Waals surface area contributed by atoms with E-state index < -0.39 is 0 Å². The molecule has 1 atom stereocenters. The van der Waals surface area contributed by atoms with Crippen LogP contribution in [0.1, 0.15) is 40.7 Å². The summed E-state index contributed by atoms with van der Waals surface area (Å²) < 4.78 is 0. The van der Waals surface area contributed by atoms with Gasteiger partial charge in [-0.3, -0.25) is 4.79 Å². The van der Waals surface area contributed by atoms with Gasteiger partial charge in [-0.2, -0.15) is 5.26 Å². The first-order valence-corrected chi connectivity index (χ1v) is 10.6. The fourth-order valence-corrected chi connectivity index (χ4v) is 5.39. The minimum Gasteiger partial charge on any atom is -0.316 e. The smallest absolute Gasteiger partial charge is 0.238 e. The lowest BCUT2D eigenvalue weighted by molar-refractivity contribution is -0.115. The van der Waals surface area contributed by atoms with Gasteiger partial charge in [-0.1, -0.05) is 18.7 Å². The second-order valence-corrected chi connectivity index (χ2v) is 9.02. The molecule has 6 nitrogen and oxygen atoms in total. The van der Waals surface area contributed by atoms with Crippen LogP contribution in [0.5, 0.6) is 0 Å². The Morgan fingerprint density at radius 1 is 1.44 bits per heavy atom. The molecule has 0 aromatic carbocycles. The topological polar surface area (TPSA) is 81.9 Å². The summed E-state index contributed by atoms with van der Waals surface area (Å²) in [5.74, 6) is -0.103. The van der Waals surface area contributed by atoms with Gasteiger partial charge in [-0.25, -0.2) is 9.97 Å². The van der Waals surface area contributed by atoms with E-state index in [1.54, 1.807) is 0 Å². The molecule has 2 aromatic heterocycles. The Hall–Kier alpha value is -1.95. The van der Waals surface area contributed by atoms with Gasteiger partial charge in [0.2, 0.25) is 5.91 Å². The number of thioether (sulfide) groups is 1. The molecule has 0 radical (unpaired) electrons. The first-order chi connectivity index (χ1) is 12.9. The van der Waals surface area contributed by atoms with E-state index in [4.69, 9.17) is 0 Å². The zero-order valence-corrected chi connectivity index (χ0v) is 17.6. The number of nitriles is 1. The van der Waals surface area contributed by atoms with Crippen molar-refractivity contribution in [1.82, 2.24) is 14.9 Å². The highest BCUT2D eigenvalue weighted by molar-refractivity contribution is 8.00. The third-order valence-electron chi connectivity index (χ3n) is 4.47. The SMILES string of the molecule is CCC(Sc1nc(C)cc(C)n1)C(=O)Nc1sc2c(c1C#N)CCN(C)C2. The molecule has 1 amide bonds. The number of aryl methyl sites for hydroxylation is 2. The number of anilines is 1. The standard InChI is InChI=1S/C19H23N5OS2/c1-5-15(27-19-21-11(2)8-12(3)22-19)17(25)23-18-14(9-20)13-6-7-24(4)10-16(13)26-18/h8,15H,5-7,10H2,1-4H3,(H,23,25). The molecule has 0 saturated heterocycles. The average molecular weight is 402 g/mol. The number of carbonyl (C=O) groups excluding carboxylic acids is 1. The van der Waals surface area contributed by atoms with E-state index in [9.17, 15) is 10.1 Å².